The van der Waals surface area contributed by atoms with Crippen molar-refractivity contribution in [2.24, 2.45) is 4.99 Å². The van der Waals surface area contributed by atoms with Crippen molar-refractivity contribution in [3.63, 3.8) is 0 Å². The number of methoxy groups -OCH3 is 1. The van der Waals surface area contributed by atoms with Crippen molar-refractivity contribution >= 4 is 23.8 Å². The number of hydrogen-bond donors (Lipinski definition) is 2. The number of alkyl halides is 3. The highest BCUT2D eigenvalue weighted by atomic mass is 19.4. The van der Waals surface area contributed by atoms with Crippen LogP contribution in [0.1, 0.15) is 24.0 Å². The standard InChI is InChI=1S/C26H27F3N6O2/c1-30-16-22(5-3-4-10-37-2)35-25-32-13-20(14-33-25)19-8-6-18(7-9-19)11-24(36)34-23-12-21(15-31-17-23)26(27,28)29/h5-9,12-17H,3-4,10-11H2,1-2H3,(H,34,36)(H,32,33,35)/b22-5+,30-16-. The van der Waals surface area contributed by atoms with Crippen molar-refractivity contribution in [2.45, 2.75) is 25.4 Å². The number of carbonyl (C=O) groups is 1. The first-order valence-electron chi connectivity index (χ1n) is 11.4. The number of aromatic nitrogens is 3. The van der Waals surface area contributed by atoms with E-state index >= 15 is 0 Å². The average Bonchev–Trinajstić information content (AvgIpc) is 2.87. The molecule has 0 spiro atoms. The van der Waals surface area contributed by atoms with Gasteiger partial charge in [-0.05, 0) is 30.0 Å². The summed E-state index contributed by atoms with van der Waals surface area (Å²) in [5.41, 5.74) is 2.18. The number of amides is 1. The molecule has 2 aromatic heterocycles. The van der Waals surface area contributed by atoms with Gasteiger partial charge in [0.2, 0.25) is 11.9 Å². The number of allylic oxidation sites excluding steroid dienone is 2. The number of nitrogens with one attached hydrogen (secondary N) is 2. The maximum Gasteiger partial charge on any atom is 0.417 e. The highest BCUT2D eigenvalue weighted by Crippen LogP contribution is 2.30. The lowest BCUT2D eigenvalue weighted by molar-refractivity contribution is -0.137. The van der Waals surface area contributed by atoms with E-state index in [0.29, 0.717) is 24.3 Å². The Balaban J connectivity index is 1.59. The third-order valence-corrected chi connectivity index (χ3v) is 5.09. The normalized spacial score (nSPS) is 12.1. The van der Waals surface area contributed by atoms with Crippen LogP contribution in [0.25, 0.3) is 11.1 Å². The van der Waals surface area contributed by atoms with Crippen molar-refractivity contribution < 1.29 is 22.7 Å². The van der Waals surface area contributed by atoms with Crippen LogP contribution in [0, 0.1) is 0 Å². The molecule has 0 unspecified atom stereocenters. The minimum Gasteiger partial charge on any atom is -0.385 e. The Morgan fingerprint density at radius 2 is 1.78 bits per heavy atom. The van der Waals surface area contributed by atoms with Gasteiger partial charge in [-0.3, -0.25) is 14.8 Å². The summed E-state index contributed by atoms with van der Waals surface area (Å²) < 4.78 is 43.5. The lowest BCUT2D eigenvalue weighted by Crippen LogP contribution is -2.15. The quantitative estimate of drug-likeness (QED) is 0.272. The summed E-state index contributed by atoms with van der Waals surface area (Å²) in [6.45, 7) is 0.676. The first-order valence-corrected chi connectivity index (χ1v) is 11.4. The Morgan fingerprint density at radius 3 is 2.43 bits per heavy atom. The largest absolute Gasteiger partial charge is 0.417 e. The van der Waals surface area contributed by atoms with Crippen molar-refractivity contribution in [1.29, 1.82) is 0 Å². The van der Waals surface area contributed by atoms with Crippen molar-refractivity contribution in [1.82, 2.24) is 15.0 Å². The fraction of sp³-hybridized carbons (Fsp3) is 0.269. The van der Waals surface area contributed by atoms with Gasteiger partial charge in [-0.2, -0.15) is 13.2 Å². The van der Waals surface area contributed by atoms with Gasteiger partial charge in [-0.25, -0.2) is 9.97 Å². The molecule has 1 amide bonds. The topological polar surface area (TPSA) is 101 Å². The van der Waals surface area contributed by atoms with Crippen LogP contribution in [0.2, 0.25) is 0 Å². The number of unbranched alkanes of at least 4 members (excludes halogenated alkanes) is 1. The van der Waals surface area contributed by atoms with Gasteiger partial charge in [0.05, 0.1) is 29.6 Å². The minimum absolute atomic E-state index is 0.00560. The Morgan fingerprint density at radius 1 is 1.05 bits per heavy atom. The highest BCUT2D eigenvalue weighted by molar-refractivity contribution is 5.92. The SMILES string of the molecule is C/N=C\C(=C/CCCOC)Nc1ncc(-c2ccc(CC(=O)Nc3cncc(C(F)(F)F)c3)cc2)cn1. The van der Waals surface area contributed by atoms with E-state index in [4.69, 9.17) is 4.74 Å². The average molecular weight is 513 g/mol. The van der Waals surface area contributed by atoms with Crippen LogP contribution in [-0.4, -0.2) is 47.8 Å². The molecule has 8 nitrogen and oxygen atoms in total. The molecule has 0 atom stereocenters. The van der Waals surface area contributed by atoms with E-state index in [9.17, 15) is 18.0 Å². The Bertz CT molecular complexity index is 1230. The smallest absolute Gasteiger partial charge is 0.385 e. The number of benzene rings is 1. The second-order valence-electron chi connectivity index (χ2n) is 7.98. The third kappa shape index (κ3) is 8.80. The van der Waals surface area contributed by atoms with Crippen LogP contribution < -0.4 is 10.6 Å². The molecule has 2 N–H and O–H groups in total. The second kappa shape index (κ2) is 13.3. The molecule has 37 heavy (non-hydrogen) atoms. The molecule has 1 aromatic carbocycles. The number of anilines is 2. The van der Waals surface area contributed by atoms with Crippen molar-refractivity contribution in [3.05, 3.63) is 78.0 Å². The number of carbonyl (C=O) groups excluding carboxylic acids is 1. The molecule has 3 aromatic rings. The van der Waals surface area contributed by atoms with Crippen molar-refractivity contribution in [3.8, 4) is 11.1 Å². The predicted octanol–water partition coefficient (Wildman–Crippen LogP) is 5.16. The van der Waals surface area contributed by atoms with Gasteiger partial charge in [0.15, 0.2) is 0 Å². The number of rotatable bonds is 11. The van der Waals surface area contributed by atoms with Crippen LogP contribution in [-0.2, 0) is 22.1 Å². The first kappa shape index (κ1) is 27.5. The van der Waals surface area contributed by atoms with Gasteiger partial charge in [0, 0.05) is 51.1 Å². The molecule has 0 aliphatic rings. The molecule has 2 heterocycles. The van der Waals surface area contributed by atoms with E-state index < -0.39 is 17.6 Å². The van der Waals surface area contributed by atoms with Gasteiger partial charge < -0.3 is 15.4 Å². The van der Waals surface area contributed by atoms with Crippen LogP contribution in [0.3, 0.4) is 0 Å². The van der Waals surface area contributed by atoms with Gasteiger partial charge in [-0.15, -0.1) is 0 Å². The number of nitrogens with zero attached hydrogens (tertiary/aromatic N) is 4. The number of ether oxygens (including phenoxy) is 1. The first-order chi connectivity index (χ1) is 17.8. The molecule has 0 aliphatic carbocycles. The number of aliphatic imine (C=N–C) groups is 1. The number of hydrogen-bond acceptors (Lipinski definition) is 7. The van der Waals surface area contributed by atoms with Crippen LogP contribution in [0.15, 0.2) is 71.9 Å². The van der Waals surface area contributed by atoms with E-state index in [1.807, 2.05) is 18.2 Å². The summed E-state index contributed by atoms with van der Waals surface area (Å²) in [7, 11) is 3.35. The summed E-state index contributed by atoms with van der Waals surface area (Å²) in [6.07, 6.45) is 6.12. The fourth-order valence-electron chi connectivity index (χ4n) is 3.30. The van der Waals surface area contributed by atoms with E-state index in [1.165, 1.54) is 6.20 Å². The zero-order chi connectivity index (χ0) is 26.7. The number of halogens is 3. The molecule has 0 bridgehead atoms. The second-order valence-corrected chi connectivity index (χ2v) is 7.98. The third-order valence-electron chi connectivity index (χ3n) is 5.09. The summed E-state index contributed by atoms with van der Waals surface area (Å²) >= 11 is 0. The van der Waals surface area contributed by atoms with Gasteiger partial charge in [0.25, 0.3) is 0 Å². The summed E-state index contributed by atoms with van der Waals surface area (Å²) in [5.74, 6) is -0.0200. The van der Waals surface area contributed by atoms with Gasteiger partial charge in [0.1, 0.15) is 0 Å². The summed E-state index contributed by atoms with van der Waals surface area (Å²) in [5, 5.41) is 5.59. The molecule has 194 valence electrons. The Kier molecular flexibility index (Phi) is 9.84. The van der Waals surface area contributed by atoms with Gasteiger partial charge >= 0.3 is 6.18 Å². The Hall–Kier alpha value is -4.12. The van der Waals surface area contributed by atoms with E-state index in [2.05, 4.69) is 30.6 Å². The zero-order valence-electron chi connectivity index (χ0n) is 20.4. The molecular weight excluding hydrogens is 485 g/mol. The molecule has 0 saturated heterocycles. The van der Waals surface area contributed by atoms with E-state index in [0.717, 1.165) is 35.7 Å². The number of pyridine rings is 1. The monoisotopic (exact) mass is 512 g/mol. The molecule has 0 radical (unpaired) electrons. The molecule has 3 rings (SSSR count). The van der Waals surface area contributed by atoms with Crippen LogP contribution in [0.4, 0.5) is 24.8 Å². The van der Waals surface area contributed by atoms with E-state index in [1.54, 1.807) is 44.9 Å². The zero-order valence-corrected chi connectivity index (χ0v) is 20.4. The van der Waals surface area contributed by atoms with Crippen LogP contribution in [0.5, 0.6) is 0 Å². The highest BCUT2D eigenvalue weighted by Gasteiger charge is 2.31. The Labute approximate surface area is 212 Å². The van der Waals surface area contributed by atoms with Crippen molar-refractivity contribution in [2.75, 3.05) is 31.4 Å². The molecule has 0 saturated carbocycles. The maximum atomic E-state index is 12.8. The predicted molar refractivity (Wildman–Crippen MR) is 136 cm³/mol. The molecule has 0 fully saturated rings. The fourth-order valence-corrected chi connectivity index (χ4v) is 3.30. The molecule has 0 aliphatic heterocycles. The maximum absolute atomic E-state index is 12.8. The molecule has 11 heteroatoms. The molecular formula is C26H27F3N6O2. The minimum atomic E-state index is -4.53. The van der Waals surface area contributed by atoms with Gasteiger partial charge in [-0.1, -0.05) is 30.3 Å². The lowest BCUT2D eigenvalue weighted by atomic mass is 10.0. The lowest BCUT2D eigenvalue weighted by Gasteiger charge is -2.10. The summed E-state index contributed by atoms with van der Waals surface area (Å²) in [4.78, 5) is 28.6. The summed E-state index contributed by atoms with van der Waals surface area (Å²) in [6, 6.07) is 8.03. The van der Waals surface area contributed by atoms with Crippen LogP contribution >= 0.6 is 0 Å². The van der Waals surface area contributed by atoms with E-state index in [-0.39, 0.29) is 12.1 Å².